The van der Waals surface area contributed by atoms with Crippen LogP contribution >= 0.6 is 11.9 Å². The molecule has 1 aromatic heterocycles. The van der Waals surface area contributed by atoms with E-state index in [9.17, 15) is 13.6 Å². The standard InChI is InChI=1S/C13H18F2O.C12H17N3OS/c1-13(2,3)7-4-8-16-10-5-6-11(14)12(15)9-10;1-10-2-5-13-8-12(10)17-15-6-3-11(4-7-15)14-9-16/h5-6,9H,4,7-8H2,1-3H3;2,5,8-9,11H,3-4,6-7H2,1H3,(H,14,16). The lowest BCUT2D eigenvalue weighted by Crippen LogP contribution is -2.39. The molecule has 0 radical (unpaired) electrons. The topological polar surface area (TPSA) is 54.5 Å². The minimum absolute atomic E-state index is 0.275. The number of nitrogens with zero attached hydrogens (tertiary/aromatic N) is 2. The molecule has 1 amide bonds. The summed E-state index contributed by atoms with van der Waals surface area (Å²) < 4.78 is 33.1. The van der Waals surface area contributed by atoms with Crippen molar-refractivity contribution < 1.29 is 18.3 Å². The second-order valence-electron chi connectivity index (χ2n) is 9.31. The summed E-state index contributed by atoms with van der Waals surface area (Å²) in [6.45, 7) is 11.1. The molecule has 0 unspecified atom stereocenters. The summed E-state index contributed by atoms with van der Waals surface area (Å²) in [5.41, 5.74) is 1.54. The van der Waals surface area contributed by atoms with Crippen LogP contribution in [0.1, 0.15) is 52.0 Å². The molecule has 1 N–H and O–H groups in total. The van der Waals surface area contributed by atoms with Gasteiger partial charge in [-0.2, -0.15) is 0 Å². The van der Waals surface area contributed by atoms with E-state index in [-0.39, 0.29) is 5.41 Å². The van der Waals surface area contributed by atoms with E-state index in [2.05, 4.69) is 42.3 Å². The lowest BCUT2D eigenvalue weighted by atomic mass is 9.91. The van der Waals surface area contributed by atoms with Crippen molar-refractivity contribution in [1.82, 2.24) is 14.6 Å². The zero-order valence-electron chi connectivity index (χ0n) is 19.9. The largest absolute Gasteiger partial charge is 0.493 e. The fraction of sp³-hybridized carbons (Fsp3) is 0.520. The van der Waals surface area contributed by atoms with Crippen molar-refractivity contribution in [2.24, 2.45) is 5.41 Å². The summed E-state index contributed by atoms with van der Waals surface area (Å²) in [5, 5.41) is 2.85. The summed E-state index contributed by atoms with van der Waals surface area (Å²) >= 11 is 1.77. The van der Waals surface area contributed by atoms with E-state index in [0.29, 0.717) is 18.4 Å². The Morgan fingerprint density at radius 3 is 2.55 bits per heavy atom. The third kappa shape index (κ3) is 10.5. The summed E-state index contributed by atoms with van der Waals surface area (Å²) in [6.07, 6.45) is 8.52. The predicted molar refractivity (Wildman–Crippen MR) is 129 cm³/mol. The smallest absolute Gasteiger partial charge is 0.207 e. The Hall–Kier alpha value is -2.19. The average molecular weight is 480 g/mol. The number of amides is 1. The molecular formula is C25H35F2N3O2S. The van der Waals surface area contributed by atoms with Crippen LogP contribution < -0.4 is 10.1 Å². The van der Waals surface area contributed by atoms with Crippen LogP contribution in [0.25, 0.3) is 0 Å². The Kier molecular flexibility index (Phi) is 11.1. The van der Waals surface area contributed by atoms with Crippen LogP contribution in [-0.2, 0) is 4.79 Å². The van der Waals surface area contributed by atoms with Gasteiger partial charge in [0, 0.05) is 42.5 Å². The molecule has 8 heteroatoms. The Balaban J connectivity index is 0.000000234. The van der Waals surface area contributed by atoms with Crippen LogP contribution in [0.15, 0.2) is 41.6 Å². The number of piperidine rings is 1. The number of halogens is 2. The molecule has 1 aliphatic rings. The first kappa shape index (κ1) is 27.1. The van der Waals surface area contributed by atoms with Crippen molar-refractivity contribution in [2.75, 3.05) is 19.7 Å². The molecular weight excluding hydrogens is 444 g/mol. The quantitative estimate of drug-likeness (QED) is 0.296. The highest BCUT2D eigenvalue weighted by Gasteiger charge is 2.19. The zero-order valence-corrected chi connectivity index (χ0v) is 20.8. The van der Waals surface area contributed by atoms with Crippen LogP contribution in [0.3, 0.4) is 0 Å². The minimum Gasteiger partial charge on any atom is -0.493 e. The van der Waals surface area contributed by atoms with Crippen LogP contribution in [0.5, 0.6) is 5.75 Å². The van der Waals surface area contributed by atoms with Gasteiger partial charge in [0.25, 0.3) is 0 Å². The lowest BCUT2D eigenvalue weighted by molar-refractivity contribution is -0.110. The molecule has 5 nitrogen and oxygen atoms in total. The van der Waals surface area contributed by atoms with Crippen molar-refractivity contribution in [3.05, 3.63) is 53.9 Å². The van der Waals surface area contributed by atoms with Gasteiger partial charge >= 0.3 is 0 Å². The number of ether oxygens (including phenoxy) is 1. The normalized spacial score (nSPS) is 14.8. The van der Waals surface area contributed by atoms with Crippen LogP contribution in [-0.4, -0.2) is 41.4 Å². The number of pyridine rings is 1. The van der Waals surface area contributed by atoms with Crippen molar-refractivity contribution in [2.45, 2.75) is 64.3 Å². The van der Waals surface area contributed by atoms with Gasteiger partial charge in [-0.25, -0.2) is 13.1 Å². The number of rotatable bonds is 8. The predicted octanol–water partition coefficient (Wildman–Crippen LogP) is 5.78. The molecule has 1 aromatic carbocycles. The molecule has 182 valence electrons. The molecule has 1 saturated heterocycles. The summed E-state index contributed by atoms with van der Waals surface area (Å²) in [5.74, 6) is -1.33. The maximum absolute atomic E-state index is 12.8. The Bertz CT molecular complexity index is 869. The SMILES string of the molecule is CC(C)(C)CCCOc1ccc(F)c(F)c1.Cc1ccncc1SN1CCC(NC=O)CC1. The third-order valence-electron chi connectivity index (χ3n) is 5.21. The van der Waals surface area contributed by atoms with Crippen LogP contribution in [0.4, 0.5) is 8.78 Å². The van der Waals surface area contributed by atoms with Gasteiger partial charge in [-0.05, 0) is 73.7 Å². The number of aryl methyl sites for hydroxylation is 1. The molecule has 0 bridgehead atoms. The Labute approximate surface area is 200 Å². The van der Waals surface area contributed by atoms with Gasteiger partial charge < -0.3 is 10.1 Å². The second-order valence-corrected chi connectivity index (χ2v) is 10.4. The van der Waals surface area contributed by atoms with Crippen molar-refractivity contribution >= 4 is 18.4 Å². The number of aromatic nitrogens is 1. The van der Waals surface area contributed by atoms with E-state index >= 15 is 0 Å². The first-order valence-corrected chi connectivity index (χ1v) is 12.1. The number of hydrogen-bond donors (Lipinski definition) is 1. The molecule has 2 aromatic rings. The first-order valence-electron chi connectivity index (χ1n) is 11.3. The Morgan fingerprint density at radius 1 is 1.21 bits per heavy atom. The number of carbonyl (C=O) groups is 1. The molecule has 3 rings (SSSR count). The van der Waals surface area contributed by atoms with Crippen LogP contribution in [0, 0.1) is 24.0 Å². The number of carbonyl (C=O) groups excluding carboxylic acids is 1. The van der Waals surface area contributed by atoms with Gasteiger partial charge in [0.05, 0.1) is 6.61 Å². The van der Waals surface area contributed by atoms with Crippen molar-refractivity contribution in [1.29, 1.82) is 0 Å². The molecule has 0 atom stereocenters. The summed E-state index contributed by atoms with van der Waals surface area (Å²) in [6, 6.07) is 5.97. The van der Waals surface area contributed by atoms with Crippen LogP contribution in [0.2, 0.25) is 0 Å². The van der Waals surface area contributed by atoms with E-state index in [1.54, 1.807) is 11.9 Å². The molecule has 0 spiro atoms. The van der Waals surface area contributed by atoms with Crippen molar-refractivity contribution in [3.63, 3.8) is 0 Å². The van der Waals surface area contributed by atoms with E-state index in [4.69, 9.17) is 4.74 Å². The van der Waals surface area contributed by atoms with E-state index < -0.39 is 11.6 Å². The lowest BCUT2D eigenvalue weighted by Gasteiger charge is -2.30. The fourth-order valence-electron chi connectivity index (χ4n) is 3.25. The molecule has 1 aliphatic heterocycles. The number of hydrogen-bond acceptors (Lipinski definition) is 5. The Morgan fingerprint density at radius 2 is 1.94 bits per heavy atom. The van der Waals surface area contributed by atoms with Gasteiger partial charge in [0.1, 0.15) is 5.75 Å². The molecule has 1 fully saturated rings. The van der Waals surface area contributed by atoms with Gasteiger partial charge in [-0.1, -0.05) is 20.8 Å². The monoisotopic (exact) mass is 479 g/mol. The molecule has 33 heavy (non-hydrogen) atoms. The molecule has 0 saturated carbocycles. The highest BCUT2D eigenvalue weighted by Crippen LogP contribution is 2.27. The average Bonchev–Trinajstić information content (AvgIpc) is 2.77. The summed E-state index contributed by atoms with van der Waals surface area (Å²) in [7, 11) is 0. The third-order valence-corrected chi connectivity index (χ3v) is 6.45. The second kappa shape index (κ2) is 13.5. The molecule has 0 aliphatic carbocycles. The number of benzene rings is 1. The minimum atomic E-state index is -0.867. The van der Waals surface area contributed by atoms with E-state index in [1.165, 1.54) is 16.5 Å². The zero-order chi connectivity index (χ0) is 24.3. The van der Waals surface area contributed by atoms with Gasteiger partial charge in [-0.3, -0.25) is 9.78 Å². The number of nitrogens with one attached hydrogen (secondary N) is 1. The van der Waals surface area contributed by atoms with E-state index in [1.807, 2.05) is 18.5 Å². The maximum atomic E-state index is 12.8. The van der Waals surface area contributed by atoms with Gasteiger partial charge in [-0.15, -0.1) is 0 Å². The van der Waals surface area contributed by atoms with Gasteiger partial charge in [0.2, 0.25) is 6.41 Å². The molecule has 2 heterocycles. The summed E-state index contributed by atoms with van der Waals surface area (Å²) in [4.78, 5) is 15.7. The highest BCUT2D eigenvalue weighted by molar-refractivity contribution is 7.97. The fourth-order valence-corrected chi connectivity index (χ4v) is 4.24. The van der Waals surface area contributed by atoms with Crippen molar-refractivity contribution in [3.8, 4) is 5.75 Å². The highest BCUT2D eigenvalue weighted by atomic mass is 32.2. The van der Waals surface area contributed by atoms with Gasteiger partial charge in [0.15, 0.2) is 11.6 Å². The maximum Gasteiger partial charge on any atom is 0.207 e. The van der Waals surface area contributed by atoms with E-state index in [0.717, 1.165) is 57.3 Å². The first-order chi connectivity index (χ1) is 15.7.